The summed E-state index contributed by atoms with van der Waals surface area (Å²) < 4.78 is 32.5. The van der Waals surface area contributed by atoms with Crippen molar-refractivity contribution >= 4 is 40.0 Å². The molecule has 30 heavy (non-hydrogen) atoms. The van der Waals surface area contributed by atoms with Gasteiger partial charge in [0.2, 0.25) is 10.0 Å². The maximum Gasteiger partial charge on any atom is 0.218 e. The quantitative estimate of drug-likeness (QED) is 0.335. The predicted octanol–water partition coefficient (Wildman–Crippen LogP) is 2.66. The van der Waals surface area contributed by atoms with Gasteiger partial charge in [-0.25, -0.2) is 13.4 Å². The van der Waals surface area contributed by atoms with Crippen LogP contribution >= 0.6 is 24.0 Å². The number of sulfonamides is 1. The summed E-state index contributed by atoms with van der Waals surface area (Å²) in [5.41, 5.74) is 2.07. The number of morpholine rings is 1. The molecule has 2 aliphatic heterocycles. The monoisotopic (exact) mass is 550 g/mol. The molecule has 2 aliphatic rings. The number of guanidine groups is 1. The van der Waals surface area contributed by atoms with Gasteiger partial charge in [0.15, 0.2) is 5.96 Å². The summed E-state index contributed by atoms with van der Waals surface area (Å²) in [5.74, 6) is 0.912. The summed E-state index contributed by atoms with van der Waals surface area (Å²) in [7, 11) is -3.36. The molecule has 9 heteroatoms. The molecule has 3 rings (SSSR count). The summed E-state index contributed by atoms with van der Waals surface area (Å²) in [6.45, 7) is 11.7. The number of likely N-dealkylation sites (tertiary alicyclic amines) is 1. The zero-order valence-electron chi connectivity index (χ0n) is 18.3. The fourth-order valence-electron chi connectivity index (χ4n) is 3.84. The van der Waals surface area contributed by atoms with Gasteiger partial charge in [-0.3, -0.25) is 0 Å². The number of nitrogens with one attached hydrogen (secondary N) is 1. The SMILES string of the molecule is CCNC(=NCc1ccccc1CS(=O)(=O)N1CCOCC1)N1CCC(C)(C)C1.I. The van der Waals surface area contributed by atoms with Crippen molar-refractivity contribution in [2.24, 2.45) is 10.4 Å². The molecule has 0 atom stereocenters. The van der Waals surface area contributed by atoms with Crippen molar-refractivity contribution in [2.45, 2.75) is 39.5 Å². The van der Waals surface area contributed by atoms with Crippen LogP contribution < -0.4 is 5.32 Å². The van der Waals surface area contributed by atoms with E-state index in [1.54, 1.807) is 0 Å². The lowest BCUT2D eigenvalue weighted by molar-refractivity contribution is 0.0729. The van der Waals surface area contributed by atoms with Crippen LogP contribution in [0.4, 0.5) is 0 Å². The first kappa shape index (κ1) is 25.4. The van der Waals surface area contributed by atoms with E-state index in [-0.39, 0.29) is 29.7 Å². The van der Waals surface area contributed by atoms with Crippen LogP contribution in [0.1, 0.15) is 38.3 Å². The molecule has 1 aromatic carbocycles. The first-order valence-electron chi connectivity index (χ1n) is 10.5. The third kappa shape index (κ3) is 6.80. The molecule has 7 nitrogen and oxygen atoms in total. The lowest BCUT2D eigenvalue weighted by atomic mass is 9.93. The Kier molecular flexibility index (Phi) is 9.38. The second-order valence-electron chi connectivity index (χ2n) is 8.54. The maximum absolute atomic E-state index is 12.8. The van der Waals surface area contributed by atoms with Gasteiger partial charge in [0, 0.05) is 32.7 Å². The van der Waals surface area contributed by atoms with Gasteiger partial charge in [-0.2, -0.15) is 4.31 Å². The summed E-state index contributed by atoms with van der Waals surface area (Å²) in [5, 5.41) is 3.39. The lowest BCUT2D eigenvalue weighted by Gasteiger charge is -2.26. The third-order valence-electron chi connectivity index (χ3n) is 5.53. The van der Waals surface area contributed by atoms with E-state index in [9.17, 15) is 8.42 Å². The molecule has 0 spiro atoms. The van der Waals surface area contributed by atoms with Gasteiger partial charge < -0.3 is 15.0 Å². The Bertz CT molecular complexity index is 823. The largest absolute Gasteiger partial charge is 0.379 e. The molecular formula is C21H35IN4O3S. The summed E-state index contributed by atoms with van der Waals surface area (Å²) in [6, 6.07) is 7.72. The van der Waals surface area contributed by atoms with E-state index >= 15 is 0 Å². The summed E-state index contributed by atoms with van der Waals surface area (Å²) >= 11 is 0. The molecule has 2 saturated heterocycles. The highest BCUT2D eigenvalue weighted by Gasteiger charge is 2.31. The number of benzene rings is 1. The minimum absolute atomic E-state index is 0. The highest BCUT2D eigenvalue weighted by molar-refractivity contribution is 14.0. The zero-order chi connectivity index (χ0) is 20.9. The Morgan fingerprint density at radius 1 is 1.17 bits per heavy atom. The van der Waals surface area contributed by atoms with Gasteiger partial charge in [0.25, 0.3) is 0 Å². The van der Waals surface area contributed by atoms with Gasteiger partial charge in [-0.05, 0) is 29.9 Å². The van der Waals surface area contributed by atoms with Crippen molar-refractivity contribution < 1.29 is 13.2 Å². The number of nitrogens with zero attached hydrogens (tertiary/aromatic N) is 3. The molecule has 1 aromatic rings. The first-order chi connectivity index (χ1) is 13.8. The lowest BCUT2D eigenvalue weighted by Crippen LogP contribution is -2.41. The first-order valence-corrected chi connectivity index (χ1v) is 12.1. The molecule has 0 amide bonds. The Hall–Kier alpha value is -0.910. The third-order valence-corrected chi connectivity index (χ3v) is 7.36. The van der Waals surface area contributed by atoms with Gasteiger partial charge in [0.05, 0.1) is 25.5 Å². The van der Waals surface area contributed by atoms with E-state index in [4.69, 9.17) is 9.73 Å². The average Bonchev–Trinajstić information content (AvgIpc) is 3.06. The molecule has 170 valence electrons. The Morgan fingerprint density at radius 3 is 2.43 bits per heavy atom. The van der Waals surface area contributed by atoms with E-state index in [2.05, 4.69) is 31.0 Å². The molecule has 0 aromatic heterocycles. The van der Waals surface area contributed by atoms with Gasteiger partial charge in [-0.1, -0.05) is 38.1 Å². The standard InChI is InChI=1S/C21H34N4O3S.HI/c1-4-22-20(24-10-9-21(2,3)17-24)23-15-18-7-5-6-8-19(18)16-29(26,27)25-11-13-28-14-12-25;/h5-8H,4,9-17H2,1-3H3,(H,22,23);1H. The second kappa shape index (κ2) is 11.1. The number of hydrogen-bond donors (Lipinski definition) is 1. The normalized spacial score (nSPS) is 20.1. The van der Waals surface area contributed by atoms with Crippen molar-refractivity contribution in [3.63, 3.8) is 0 Å². The van der Waals surface area contributed by atoms with E-state index in [1.165, 1.54) is 4.31 Å². The van der Waals surface area contributed by atoms with Crippen molar-refractivity contribution in [2.75, 3.05) is 45.9 Å². The number of aliphatic imine (C=N–C) groups is 1. The van der Waals surface area contributed by atoms with Crippen LogP contribution in [0.2, 0.25) is 0 Å². The van der Waals surface area contributed by atoms with Crippen molar-refractivity contribution in [3.8, 4) is 0 Å². The molecule has 0 saturated carbocycles. The van der Waals surface area contributed by atoms with Crippen molar-refractivity contribution in [3.05, 3.63) is 35.4 Å². The van der Waals surface area contributed by atoms with E-state index in [1.807, 2.05) is 24.3 Å². The highest BCUT2D eigenvalue weighted by Crippen LogP contribution is 2.28. The van der Waals surface area contributed by atoms with E-state index < -0.39 is 10.0 Å². The molecule has 0 unspecified atom stereocenters. The Balaban J connectivity index is 0.00000320. The van der Waals surface area contributed by atoms with Crippen LogP contribution in [0.5, 0.6) is 0 Å². The van der Waals surface area contributed by atoms with Crippen LogP contribution in [-0.4, -0.2) is 69.5 Å². The summed E-state index contributed by atoms with van der Waals surface area (Å²) in [4.78, 5) is 7.14. The minimum atomic E-state index is -3.36. The molecule has 2 heterocycles. The molecule has 1 N–H and O–H groups in total. The number of hydrogen-bond acceptors (Lipinski definition) is 4. The van der Waals surface area contributed by atoms with E-state index in [0.717, 1.165) is 43.1 Å². The van der Waals surface area contributed by atoms with Gasteiger partial charge >= 0.3 is 0 Å². The van der Waals surface area contributed by atoms with Crippen LogP contribution in [0, 0.1) is 5.41 Å². The molecule has 0 bridgehead atoms. The smallest absolute Gasteiger partial charge is 0.218 e. The maximum atomic E-state index is 12.8. The molecule has 2 fully saturated rings. The molecular weight excluding hydrogens is 515 g/mol. The molecule has 0 radical (unpaired) electrons. The Morgan fingerprint density at radius 2 is 1.83 bits per heavy atom. The summed E-state index contributed by atoms with van der Waals surface area (Å²) in [6.07, 6.45) is 1.14. The fraction of sp³-hybridized carbons (Fsp3) is 0.667. The van der Waals surface area contributed by atoms with Crippen LogP contribution in [0.3, 0.4) is 0 Å². The second-order valence-corrected chi connectivity index (χ2v) is 10.5. The fourth-order valence-corrected chi connectivity index (χ4v) is 5.41. The zero-order valence-corrected chi connectivity index (χ0v) is 21.4. The Labute approximate surface area is 198 Å². The molecule has 0 aliphatic carbocycles. The topological polar surface area (TPSA) is 74.2 Å². The minimum Gasteiger partial charge on any atom is -0.379 e. The number of ether oxygens (including phenoxy) is 1. The number of halogens is 1. The van der Waals surface area contributed by atoms with Gasteiger partial charge in [0.1, 0.15) is 0 Å². The van der Waals surface area contributed by atoms with Crippen LogP contribution in [0.15, 0.2) is 29.3 Å². The average molecular weight is 551 g/mol. The predicted molar refractivity (Wildman–Crippen MR) is 132 cm³/mol. The van der Waals surface area contributed by atoms with Crippen molar-refractivity contribution in [1.82, 2.24) is 14.5 Å². The van der Waals surface area contributed by atoms with Crippen molar-refractivity contribution in [1.29, 1.82) is 0 Å². The van der Waals surface area contributed by atoms with Crippen LogP contribution in [0.25, 0.3) is 0 Å². The number of rotatable bonds is 6. The van der Waals surface area contributed by atoms with E-state index in [0.29, 0.717) is 38.3 Å². The van der Waals surface area contributed by atoms with Crippen LogP contribution in [-0.2, 0) is 27.1 Å². The van der Waals surface area contributed by atoms with Gasteiger partial charge in [-0.15, -0.1) is 24.0 Å². The highest BCUT2D eigenvalue weighted by atomic mass is 127.